The largest absolute Gasteiger partial charge is 0.496 e. The third-order valence-corrected chi connectivity index (χ3v) is 4.64. The van der Waals surface area contributed by atoms with Gasteiger partial charge in [-0.2, -0.15) is 5.01 Å². The minimum atomic E-state index is -1.12. The molecular weight excluding hydrogens is 408 g/mol. The number of amides is 4. The number of nitrogens with zero attached hydrogens (tertiary/aromatic N) is 3. The second kappa shape index (κ2) is 9.73. The van der Waals surface area contributed by atoms with Crippen LogP contribution in [-0.4, -0.2) is 83.2 Å². The summed E-state index contributed by atoms with van der Waals surface area (Å²) in [6, 6.07) is 3.53. The van der Waals surface area contributed by atoms with Crippen LogP contribution in [0.25, 0.3) is 0 Å². The first-order valence-corrected chi connectivity index (χ1v) is 9.80. The number of rotatable bonds is 3. The second-order valence-corrected chi connectivity index (χ2v) is 8.14. The number of aliphatic hydroxyl groups is 1. The first kappa shape index (κ1) is 24.1. The summed E-state index contributed by atoms with van der Waals surface area (Å²) in [5, 5.41) is 20.0. The molecular formula is C20H30N4O7. The summed E-state index contributed by atoms with van der Waals surface area (Å²) in [4.78, 5) is 39.5. The third kappa shape index (κ3) is 6.14. The molecule has 4 amide bonds. The van der Waals surface area contributed by atoms with E-state index in [2.05, 4.69) is 5.43 Å². The molecule has 2 rings (SSSR count). The molecule has 0 saturated carbocycles. The first-order valence-electron chi connectivity index (χ1n) is 9.80. The lowest BCUT2D eigenvalue weighted by atomic mass is 10.1. The van der Waals surface area contributed by atoms with E-state index < -0.39 is 36.5 Å². The lowest BCUT2D eigenvalue weighted by Gasteiger charge is -2.41. The van der Waals surface area contributed by atoms with Gasteiger partial charge in [-0.1, -0.05) is 0 Å². The van der Waals surface area contributed by atoms with Crippen molar-refractivity contribution in [2.24, 2.45) is 0 Å². The third-order valence-electron chi connectivity index (χ3n) is 4.64. The van der Waals surface area contributed by atoms with Gasteiger partial charge in [0.15, 0.2) is 0 Å². The minimum absolute atomic E-state index is 0.0422. The molecule has 11 heteroatoms. The summed E-state index contributed by atoms with van der Waals surface area (Å²) >= 11 is 0. The number of nitrogens with one attached hydrogen (secondary N) is 1. The monoisotopic (exact) mass is 438 g/mol. The Labute approximate surface area is 181 Å². The Morgan fingerprint density at radius 3 is 2.45 bits per heavy atom. The molecule has 1 aromatic rings. The lowest BCUT2D eigenvalue weighted by Crippen LogP contribution is -2.63. The number of carbonyl (C=O) groups is 3. The van der Waals surface area contributed by atoms with E-state index in [1.165, 1.54) is 12.0 Å². The van der Waals surface area contributed by atoms with E-state index in [-0.39, 0.29) is 19.6 Å². The van der Waals surface area contributed by atoms with Crippen molar-refractivity contribution in [1.29, 1.82) is 0 Å². The molecule has 0 spiro atoms. The fourth-order valence-corrected chi connectivity index (χ4v) is 3.18. The van der Waals surface area contributed by atoms with Gasteiger partial charge in [-0.3, -0.25) is 0 Å². The zero-order valence-electron chi connectivity index (χ0n) is 18.4. The minimum Gasteiger partial charge on any atom is -0.496 e. The molecule has 0 unspecified atom stereocenters. The summed E-state index contributed by atoms with van der Waals surface area (Å²) in [7, 11) is 1.53. The van der Waals surface area contributed by atoms with E-state index in [1.807, 2.05) is 0 Å². The van der Waals surface area contributed by atoms with Crippen LogP contribution in [0.1, 0.15) is 26.3 Å². The van der Waals surface area contributed by atoms with Crippen LogP contribution in [0.15, 0.2) is 18.2 Å². The lowest BCUT2D eigenvalue weighted by molar-refractivity contribution is 0.0489. The number of aliphatic hydroxyl groups excluding tert-OH is 1. The van der Waals surface area contributed by atoms with E-state index in [0.717, 1.165) is 15.5 Å². The van der Waals surface area contributed by atoms with E-state index in [9.17, 15) is 24.6 Å². The molecule has 31 heavy (non-hydrogen) atoms. The number of anilines is 1. The molecule has 0 bridgehead atoms. The van der Waals surface area contributed by atoms with E-state index in [4.69, 9.17) is 9.47 Å². The Kier molecular flexibility index (Phi) is 7.55. The number of ether oxygens (including phenoxy) is 2. The summed E-state index contributed by atoms with van der Waals surface area (Å²) < 4.78 is 10.5. The van der Waals surface area contributed by atoms with Crippen LogP contribution in [-0.2, 0) is 4.74 Å². The average Bonchev–Trinajstić information content (AvgIpc) is 2.69. The van der Waals surface area contributed by atoms with Crippen molar-refractivity contribution in [1.82, 2.24) is 15.2 Å². The Morgan fingerprint density at radius 2 is 1.94 bits per heavy atom. The molecule has 1 aromatic carbocycles. The zero-order chi connectivity index (χ0) is 23.3. The number of carbonyl (C=O) groups excluding carboxylic acids is 2. The normalized spacial score (nSPS) is 16.5. The van der Waals surface area contributed by atoms with Gasteiger partial charge in [-0.05, 0) is 51.5 Å². The fourth-order valence-electron chi connectivity index (χ4n) is 3.18. The van der Waals surface area contributed by atoms with Gasteiger partial charge in [0.2, 0.25) is 0 Å². The van der Waals surface area contributed by atoms with Gasteiger partial charge in [0.05, 0.1) is 25.4 Å². The van der Waals surface area contributed by atoms with Crippen molar-refractivity contribution in [3.05, 3.63) is 23.8 Å². The van der Waals surface area contributed by atoms with Crippen molar-refractivity contribution in [2.45, 2.75) is 39.3 Å². The van der Waals surface area contributed by atoms with Crippen LogP contribution in [0, 0.1) is 6.92 Å². The van der Waals surface area contributed by atoms with E-state index in [1.54, 1.807) is 45.9 Å². The number of urea groups is 1. The highest BCUT2D eigenvalue weighted by atomic mass is 16.6. The summed E-state index contributed by atoms with van der Waals surface area (Å²) in [6.07, 6.45) is -1.96. The van der Waals surface area contributed by atoms with E-state index >= 15 is 0 Å². The molecule has 11 nitrogen and oxygen atoms in total. The Hall–Kier alpha value is -3.21. The molecule has 3 N–H and O–H groups in total. The Bertz CT molecular complexity index is 824. The molecule has 0 aromatic heterocycles. The maximum absolute atomic E-state index is 13.4. The number of hydrogen-bond acceptors (Lipinski definition) is 6. The quantitative estimate of drug-likeness (QED) is 0.615. The predicted molar refractivity (Wildman–Crippen MR) is 112 cm³/mol. The predicted octanol–water partition coefficient (Wildman–Crippen LogP) is 2.03. The molecule has 1 aliphatic rings. The van der Waals surface area contributed by atoms with Gasteiger partial charge in [0.25, 0.3) is 0 Å². The number of aryl methyl sites for hydroxylation is 1. The highest BCUT2D eigenvalue weighted by Gasteiger charge is 2.36. The van der Waals surface area contributed by atoms with Crippen molar-refractivity contribution in [2.75, 3.05) is 38.4 Å². The van der Waals surface area contributed by atoms with Gasteiger partial charge >= 0.3 is 18.2 Å². The van der Waals surface area contributed by atoms with Gasteiger partial charge in [-0.15, -0.1) is 0 Å². The van der Waals surface area contributed by atoms with Crippen LogP contribution in [0.5, 0.6) is 5.75 Å². The fraction of sp³-hybridized carbons (Fsp3) is 0.550. The first-order chi connectivity index (χ1) is 14.5. The number of carboxylic acid groups (broad SMARTS) is 1. The molecule has 1 fully saturated rings. The van der Waals surface area contributed by atoms with E-state index in [0.29, 0.717) is 11.4 Å². The van der Waals surface area contributed by atoms with Crippen LogP contribution in [0.2, 0.25) is 0 Å². The van der Waals surface area contributed by atoms with Gasteiger partial charge < -0.3 is 29.5 Å². The molecule has 1 aliphatic heterocycles. The maximum Gasteiger partial charge on any atom is 0.427 e. The topological polar surface area (TPSA) is 132 Å². The number of hydrogen-bond donors (Lipinski definition) is 3. The SMILES string of the molecule is COc1ccc(N(NC(=O)OC(C)(C)C)C(=O)N2CCN(C(=O)O)C[C@H]2CO)cc1C. The molecule has 0 radical (unpaired) electrons. The Balaban J connectivity index is 2.34. The van der Waals surface area contributed by atoms with Crippen LogP contribution >= 0.6 is 0 Å². The maximum atomic E-state index is 13.4. The van der Waals surface area contributed by atoms with Crippen molar-refractivity contribution in [3.63, 3.8) is 0 Å². The van der Waals surface area contributed by atoms with Crippen LogP contribution in [0.4, 0.5) is 20.1 Å². The van der Waals surface area contributed by atoms with Crippen molar-refractivity contribution in [3.8, 4) is 5.75 Å². The highest BCUT2D eigenvalue weighted by Crippen LogP contribution is 2.25. The number of methoxy groups -OCH3 is 1. The molecule has 1 heterocycles. The van der Waals surface area contributed by atoms with Gasteiger partial charge in [0.1, 0.15) is 11.4 Å². The van der Waals surface area contributed by atoms with Crippen molar-refractivity contribution < 1.29 is 34.1 Å². The summed E-state index contributed by atoms with van der Waals surface area (Å²) in [5.41, 5.74) is 2.76. The number of hydrazine groups is 1. The molecule has 1 atom stereocenters. The highest BCUT2D eigenvalue weighted by molar-refractivity contribution is 5.94. The zero-order valence-corrected chi connectivity index (χ0v) is 18.4. The smallest absolute Gasteiger partial charge is 0.427 e. The number of benzene rings is 1. The van der Waals surface area contributed by atoms with Gasteiger partial charge in [0, 0.05) is 19.6 Å². The van der Waals surface area contributed by atoms with Crippen LogP contribution < -0.4 is 15.2 Å². The molecule has 0 aliphatic carbocycles. The van der Waals surface area contributed by atoms with Gasteiger partial charge in [-0.25, -0.2) is 19.8 Å². The number of piperazine rings is 1. The summed E-state index contributed by atoms with van der Waals surface area (Å²) in [5.74, 6) is 0.608. The van der Waals surface area contributed by atoms with Crippen molar-refractivity contribution >= 4 is 23.9 Å². The average molecular weight is 438 g/mol. The second-order valence-electron chi connectivity index (χ2n) is 8.14. The van der Waals surface area contributed by atoms with Crippen LogP contribution in [0.3, 0.4) is 0 Å². The molecule has 172 valence electrons. The standard InChI is InChI=1S/C20H30N4O7/c1-13-10-14(6-7-16(13)30-5)24(21-17(26)31-20(2,3)4)18(27)23-9-8-22(19(28)29)11-15(23)12-25/h6-7,10,15,25H,8-9,11-12H2,1-5H3,(H,21,26)(H,28,29)/t15-/m0/s1. The summed E-state index contributed by atoms with van der Waals surface area (Å²) in [6.45, 7) is 6.55. The molecule has 1 saturated heterocycles. The Morgan fingerprint density at radius 1 is 1.26 bits per heavy atom.